The molecular formula is C23H18N4O. The van der Waals surface area contributed by atoms with E-state index in [0.717, 1.165) is 28.2 Å². The highest BCUT2D eigenvalue weighted by Gasteiger charge is 2.15. The molecule has 0 spiro atoms. The molecule has 0 fully saturated rings. The summed E-state index contributed by atoms with van der Waals surface area (Å²) in [6, 6.07) is 20.7. The average molecular weight is 366 g/mol. The van der Waals surface area contributed by atoms with E-state index in [1.165, 1.54) is 28.6 Å². The van der Waals surface area contributed by atoms with Gasteiger partial charge in [0.25, 0.3) is 0 Å². The standard InChI is InChI=1S/C23H18N4O/c1-15-10-19(17-6-4-3-5-7-17)11-16(2)22(15)27-13-25-26-23(27)18-8-9-20-21(12-18)28-14-24-20/h3-14H,1-2H3. The fourth-order valence-corrected chi connectivity index (χ4v) is 3.72. The minimum atomic E-state index is 0.736. The molecule has 0 radical (unpaired) electrons. The molecule has 136 valence electrons. The molecule has 5 rings (SSSR count). The highest BCUT2D eigenvalue weighted by molar-refractivity contribution is 5.79. The number of hydrogen-bond donors (Lipinski definition) is 0. The summed E-state index contributed by atoms with van der Waals surface area (Å²) in [5.41, 5.74) is 8.35. The van der Waals surface area contributed by atoms with E-state index >= 15 is 0 Å². The van der Waals surface area contributed by atoms with Gasteiger partial charge >= 0.3 is 0 Å². The number of fused-ring (bicyclic) bond motifs is 1. The zero-order chi connectivity index (χ0) is 19.1. The van der Waals surface area contributed by atoms with Crippen molar-refractivity contribution in [1.29, 1.82) is 0 Å². The smallest absolute Gasteiger partial charge is 0.181 e. The molecule has 0 aliphatic carbocycles. The Hall–Kier alpha value is -3.73. The second kappa shape index (κ2) is 6.46. The monoisotopic (exact) mass is 366 g/mol. The number of aromatic nitrogens is 4. The molecule has 5 heteroatoms. The van der Waals surface area contributed by atoms with Gasteiger partial charge in [-0.05, 0) is 66.4 Å². The fourth-order valence-electron chi connectivity index (χ4n) is 3.72. The molecule has 0 aliphatic rings. The van der Waals surface area contributed by atoms with Crippen LogP contribution in [0.15, 0.2) is 77.8 Å². The van der Waals surface area contributed by atoms with Crippen molar-refractivity contribution < 1.29 is 4.42 Å². The second-order valence-electron chi connectivity index (χ2n) is 6.88. The van der Waals surface area contributed by atoms with Gasteiger partial charge in [-0.15, -0.1) is 10.2 Å². The fraction of sp³-hybridized carbons (Fsp3) is 0.0870. The number of oxazole rings is 1. The lowest BCUT2D eigenvalue weighted by Gasteiger charge is -2.15. The Morgan fingerprint density at radius 1 is 0.821 bits per heavy atom. The Morgan fingerprint density at radius 2 is 1.61 bits per heavy atom. The molecule has 5 nitrogen and oxygen atoms in total. The number of benzene rings is 3. The Balaban J connectivity index is 1.64. The van der Waals surface area contributed by atoms with E-state index in [-0.39, 0.29) is 0 Å². The van der Waals surface area contributed by atoms with Crippen LogP contribution >= 0.6 is 0 Å². The highest BCUT2D eigenvalue weighted by Crippen LogP contribution is 2.31. The number of rotatable bonds is 3. The molecule has 0 N–H and O–H groups in total. The highest BCUT2D eigenvalue weighted by atomic mass is 16.3. The van der Waals surface area contributed by atoms with E-state index in [0.29, 0.717) is 0 Å². The molecule has 0 amide bonds. The van der Waals surface area contributed by atoms with E-state index in [1.54, 1.807) is 6.33 Å². The van der Waals surface area contributed by atoms with Crippen molar-refractivity contribution in [1.82, 2.24) is 19.7 Å². The van der Waals surface area contributed by atoms with Crippen LogP contribution in [0.2, 0.25) is 0 Å². The van der Waals surface area contributed by atoms with Gasteiger partial charge in [-0.25, -0.2) is 4.98 Å². The maximum Gasteiger partial charge on any atom is 0.181 e. The van der Waals surface area contributed by atoms with Crippen LogP contribution in [-0.2, 0) is 0 Å². The molecule has 0 saturated heterocycles. The number of nitrogens with zero attached hydrogens (tertiary/aromatic N) is 4. The third kappa shape index (κ3) is 2.68. The lowest BCUT2D eigenvalue weighted by atomic mass is 9.98. The van der Waals surface area contributed by atoms with Crippen molar-refractivity contribution in [3.05, 3.63) is 84.5 Å². The molecule has 0 atom stereocenters. The Labute approximate surface area is 162 Å². The van der Waals surface area contributed by atoms with Crippen molar-refractivity contribution in [3.63, 3.8) is 0 Å². The maximum atomic E-state index is 5.45. The summed E-state index contributed by atoms with van der Waals surface area (Å²) in [5.74, 6) is 0.775. The van der Waals surface area contributed by atoms with Crippen LogP contribution in [0, 0.1) is 13.8 Å². The van der Waals surface area contributed by atoms with Crippen LogP contribution in [0.1, 0.15) is 11.1 Å². The van der Waals surface area contributed by atoms with E-state index in [2.05, 4.69) is 65.4 Å². The minimum Gasteiger partial charge on any atom is -0.443 e. The number of hydrogen-bond acceptors (Lipinski definition) is 4. The summed E-state index contributed by atoms with van der Waals surface area (Å²) in [7, 11) is 0. The van der Waals surface area contributed by atoms with Crippen molar-refractivity contribution in [2.75, 3.05) is 0 Å². The number of aryl methyl sites for hydroxylation is 2. The quantitative estimate of drug-likeness (QED) is 0.431. The average Bonchev–Trinajstić information content (AvgIpc) is 3.37. The van der Waals surface area contributed by atoms with Gasteiger partial charge in [0, 0.05) is 5.56 Å². The maximum absolute atomic E-state index is 5.45. The van der Waals surface area contributed by atoms with Gasteiger partial charge in [0.1, 0.15) is 11.8 Å². The molecule has 2 heterocycles. The molecule has 28 heavy (non-hydrogen) atoms. The lowest BCUT2D eigenvalue weighted by Crippen LogP contribution is -2.02. The molecule has 0 unspecified atom stereocenters. The summed E-state index contributed by atoms with van der Waals surface area (Å²) in [6.07, 6.45) is 3.22. The van der Waals surface area contributed by atoms with E-state index < -0.39 is 0 Å². The minimum absolute atomic E-state index is 0.736. The first-order valence-electron chi connectivity index (χ1n) is 9.11. The van der Waals surface area contributed by atoms with Crippen LogP contribution in [-0.4, -0.2) is 19.7 Å². The summed E-state index contributed by atoms with van der Waals surface area (Å²) in [5, 5.41) is 8.54. The zero-order valence-corrected chi connectivity index (χ0v) is 15.6. The van der Waals surface area contributed by atoms with E-state index in [1.807, 2.05) is 28.8 Å². The third-order valence-electron chi connectivity index (χ3n) is 4.98. The first-order chi connectivity index (χ1) is 13.7. The van der Waals surface area contributed by atoms with Crippen LogP contribution in [0.5, 0.6) is 0 Å². The van der Waals surface area contributed by atoms with Crippen molar-refractivity contribution in [3.8, 4) is 28.2 Å². The van der Waals surface area contributed by atoms with Gasteiger partial charge < -0.3 is 4.42 Å². The SMILES string of the molecule is Cc1cc(-c2ccccc2)cc(C)c1-n1cnnc1-c1ccc2ncoc2c1. The van der Waals surface area contributed by atoms with Crippen molar-refractivity contribution >= 4 is 11.1 Å². The van der Waals surface area contributed by atoms with Gasteiger partial charge in [0.05, 0.1) is 5.69 Å². The van der Waals surface area contributed by atoms with Crippen LogP contribution in [0.3, 0.4) is 0 Å². The third-order valence-corrected chi connectivity index (χ3v) is 4.98. The zero-order valence-electron chi connectivity index (χ0n) is 15.6. The largest absolute Gasteiger partial charge is 0.443 e. The van der Waals surface area contributed by atoms with Crippen LogP contribution in [0.25, 0.3) is 39.3 Å². The normalized spacial score (nSPS) is 11.2. The van der Waals surface area contributed by atoms with Gasteiger partial charge in [0.2, 0.25) is 0 Å². The molecule has 0 saturated carbocycles. The summed E-state index contributed by atoms with van der Waals surface area (Å²) >= 11 is 0. The van der Waals surface area contributed by atoms with Gasteiger partial charge in [-0.3, -0.25) is 4.57 Å². The summed E-state index contributed by atoms with van der Waals surface area (Å²) in [4.78, 5) is 4.18. The van der Waals surface area contributed by atoms with Gasteiger partial charge in [0.15, 0.2) is 17.8 Å². The molecule has 0 bridgehead atoms. The van der Waals surface area contributed by atoms with Crippen molar-refractivity contribution in [2.45, 2.75) is 13.8 Å². The van der Waals surface area contributed by atoms with E-state index in [9.17, 15) is 0 Å². The lowest BCUT2D eigenvalue weighted by molar-refractivity contribution is 0.602. The first-order valence-corrected chi connectivity index (χ1v) is 9.11. The Kier molecular flexibility index (Phi) is 3.79. The Bertz CT molecular complexity index is 1260. The molecule has 2 aromatic heterocycles. The van der Waals surface area contributed by atoms with Crippen LogP contribution < -0.4 is 0 Å². The molecule has 0 aliphatic heterocycles. The molecule has 5 aromatic rings. The first kappa shape index (κ1) is 16.4. The summed E-state index contributed by atoms with van der Waals surface area (Å²) in [6.45, 7) is 4.25. The molecular weight excluding hydrogens is 348 g/mol. The predicted molar refractivity (Wildman–Crippen MR) is 109 cm³/mol. The predicted octanol–water partition coefficient (Wildman–Crippen LogP) is 5.36. The van der Waals surface area contributed by atoms with E-state index in [4.69, 9.17) is 4.42 Å². The topological polar surface area (TPSA) is 56.7 Å². The van der Waals surface area contributed by atoms with Gasteiger partial charge in [-0.1, -0.05) is 30.3 Å². The van der Waals surface area contributed by atoms with Crippen LogP contribution in [0.4, 0.5) is 0 Å². The second-order valence-corrected chi connectivity index (χ2v) is 6.88. The molecule has 3 aromatic carbocycles. The van der Waals surface area contributed by atoms with Crippen molar-refractivity contribution in [2.24, 2.45) is 0 Å². The Morgan fingerprint density at radius 3 is 2.39 bits per heavy atom. The summed E-state index contributed by atoms with van der Waals surface area (Å²) < 4.78 is 7.48. The van der Waals surface area contributed by atoms with Gasteiger partial charge in [-0.2, -0.15) is 0 Å².